The number of carbonyl (C=O) groups excluding carboxylic acids is 1. The van der Waals surface area contributed by atoms with Gasteiger partial charge in [0.25, 0.3) is 0 Å². The van der Waals surface area contributed by atoms with Crippen molar-refractivity contribution in [2.24, 2.45) is 0 Å². The number of hydrogen-bond donors (Lipinski definition) is 1. The molecule has 0 aromatic carbocycles. The van der Waals surface area contributed by atoms with Crippen LogP contribution in [-0.2, 0) is 17.6 Å². The number of carbonyl (C=O) groups is 1. The molecule has 0 bridgehead atoms. The van der Waals surface area contributed by atoms with Crippen molar-refractivity contribution in [3.8, 4) is 0 Å². The molecule has 120 valence electrons. The van der Waals surface area contributed by atoms with Gasteiger partial charge in [0.15, 0.2) is 0 Å². The van der Waals surface area contributed by atoms with Crippen molar-refractivity contribution in [2.75, 3.05) is 6.54 Å². The largest absolute Gasteiger partial charge is 0.356 e. The maximum absolute atomic E-state index is 12.1. The molecule has 1 amide bonds. The van der Waals surface area contributed by atoms with Gasteiger partial charge in [-0.25, -0.2) is 9.97 Å². The van der Waals surface area contributed by atoms with E-state index in [-0.39, 0.29) is 5.91 Å². The molecule has 0 aliphatic carbocycles. The second kappa shape index (κ2) is 6.91. The second-order valence-electron chi connectivity index (χ2n) is 5.65. The zero-order valence-electron chi connectivity index (χ0n) is 13.4. The summed E-state index contributed by atoms with van der Waals surface area (Å²) in [4.78, 5) is 20.9. The molecule has 23 heavy (non-hydrogen) atoms. The van der Waals surface area contributed by atoms with Crippen LogP contribution in [0.5, 0.6) is 0 Å². The molecule has 0 atom stereocenters. The lowest BCUT2D eigenvalue weighted by molar-refractivity contribution is -0.120. The van der Waals surface area contributed by atoms with E-state index in [2.05, 4.69) is 20.7 Å². The molecule has 0 fully saturated rings. The zero-order valence-corrected chi connectivity index (χ0v) is 14.2. The molecular weight excluding hydrogens is 308 g/mol. The Bertz CT molecular complexity index is 821. The highest BCUT2D eigenvalue weighted by Gasteiger charge is 2.09. The average molecular weight is 328 g/mol. The number of rotatable bonds is 6. The molecule has 3 heterocycles. The van der Waals surface area contributed by atoms with Gasteiger partial charge in [-0.05, 0) is 31.9 Å². The van der Waals surface area contributed by atoms with Gasteiger partial charge in [-0.1, -0.05) is 6.07 Å². The summed E-state index contributed by atoms with van der Waals surface area (Å²) in [6, 6.07) is 3.99. The summed E-state index contributed by atoms with van der Waals surface area (Å²) in [5.41, 5.74) is 4.00. The SMILES string of the molecule is Cc1csc(CCCNC(=O)Cc2cnc3c(C)cccn23)n1. The molecule has 1 N–H and O–H groups in total. The van der Waals surface area contributed by atoms with Crippen LogP contribution in [0.25, 0.3) is 5.65 Å². The minimum absolute atomic E-state index is 0.0311. The van der Waals surface area contributed by atoms with Crippen LogP contribution in [0.2, 0.25) is 0 Å². The Labute approximate surface area is 139 Å². The Kier molecular flexibility index (Phi) is 4.71. The van der Waals surface area contributed by atoms with E-state index in [0.717, 1.165) is 40.4 Å². The first-order valence-corrected chi connectivity index (χ1v) is 8.60. The standard InChI is InChI=1S/C17H20N4OS/c1-12-5-4-8-21-14(10-19-17(12)21)9-15(22)18-7-3-6-16-20-13(2)11-23-16/h4-5,8,10-11H,3,6-7,9H2,1-2H3,(H,18,22). The fourth-order valence-electron chi connectivity index (χ4n) is 2.54. The Morgan fingerprint density at radius 2 is 2.26 bits per heavy atom. The minimum Gasteiger partial charge on any atom is -0.356 e. The first kappa shape index (κ1) is 15.7. The monoisotopic (exact) mass is 328 g/mol. The second-order valence-corrected chi connectivity index (χ2v) is 6.59. The highest BCUT2D eigenvalue weighted by molar-refractivity contribution is 7.09. The maximum Gasteiger partial charge on any atom is 0.226 e. The molecule has 3 aromatic rings. The summed E-state index contributed by atoms with van der Waals surface area (Å²) < 4.78 is 1.98. The summed E-state index contributed by atoms with van der Waals surface area (Å²) in [6.07, 6.45) is 5.89. The quantitative estimate of drug-likeness (QED) is 0.708. The molecule has 0 aliphatic rings. The lowest BCUT2D eigenvalue weighted by atomic mass is 10.2. The molecule has 3 rings (SSSR count). The van der Waals surface area contributed by atoms with Gasteiger partial charge in [0.05, 0.1) is 17.1 Å². The number of aromatic nitrogens is 3. The van der Waals surface area contributed by atoms with Gasteiger partial charge in [0.1, 0.15) is 5.65 Å². The van der Waals surface area contributed by atoms with E-state index in [9.17, 15) is 4.79 Å². The Hall–Kier alpha value is -2.21. The predicted molar refractivity (Wildman–Crippen MR) is 91.8 cm³/mol. The van der Waals surface area contributed by atoms with Crippen LogP contribution < -0.4 is 5.32 Å². The number of imidazole rings is 1. The molecule has 0 radical (unpaired) electrons. The van der Waals surface area contributed by atoms with E-state index in [0.29, 0.717) is 13.0 Å². The first-order chi connectivity index (χ1) is 11.1. The van der Waals surface area contributed by atoms with Gasteiger partial charge >= 0.3 is 0 Å². The van der Waals surface area contributed by atoms with Crippen LogP contribution in [0.4, 0.5) is 0 Å². The average Bonchev–Trinajstić information content (AvgIpc) is 3.12. The van der Waals surface area contributed by atoms with E-state index >= 15 is 0 Å². The van der Waals surface area contributed by atoms with Gasteiger partial charge < -0.3 is 9.72 Å². The van der Waals surface area contributed by atoms with E-state index in [1.165, 1.54) is 0 Å². The topological polar surface area (TPSA) is 59.3 Å². The van der Waals surface area contributed by atoms with Crippen LogP contribution in [-0.4, -0.2) is 26.8 Å². The number of nitrogens with zero attached hydrogens (tertiary/aromatic N) is 3. The number of fused-ring (bicyclic) bond motifs is 1. The van der Waals surface area contributed by atoms with Gasteiger partial charge in [-0.2, -0.15) is 0 Å². The van der Waals surface area contributed by atoms with E-state index in [1.54, 1.807) is 17.5 Å². The van der Waals surface area contributed by atoms with E-state index in [1.807, 2.05) is 36.6 Å². The van der Waals surface area contributed by atoms with Crippen LogP contribution in [0, 0.1) is 13.8 Å². The minimum atomic E-state index is 0.0311. The van der Waals surface area contributed by atoms with Gasteiger partial charge in [0, 0.05) is 36.4 Å². The molecule has 0 unspecified atom stereocenters. The summed E-state index contributed by atoms with van der Waals surface area (Å²) in [5.74, 6) is 0.0311. The van der Waals surface area contributed by atoms with E-state index < -0.39 is 0 Å². The third kappa shape index (κ3) is 3.76. The third-order valence-electron chi connectivity index (χ3n) is 3.71. The van der Waals surface area contributed by atoms with Crippen molar-refractivity contribution in [1.82, 2.24) is 19.7 Å². The van der Waals surface area contributed by atoms with Crippen molar-refractivity contribution < 1.29 is 4.79 Å². The Morgan fingerprint density at radius 3 is 3.04 bits per heavy atom. The highest BCUT2D eigenvalue weighted by atomic mass is 32.1. The number of hydrogen-bond acceptors (Lipinski definition) is 4. The highest BCUT2D eigenvalue weighted by Crippen LogP contribution is 2.12. The lowest BCUT2D eigenvalue weighted by Crippen LogP contribution is -2.26. The van der Waals surface area contributed by atoms with Crippen LogP contribution in [0.1, 0.15) is 28.4 Å². The molecule has 0 aliphatic heterocycles. The number of amides is 1. The van der Waals surface area contributed by atoms with Crippen LogP contribution in [0.15, 0.2) is 29.9 Å². The third-order valence-corrected chi connectivity index (χ3v) is 4.73. The van der Waals surface area contributed by atoms with Gasteiger partial charge in [-0.15, -0.1) is 11.3 Å². The van der Waals surface area contributed by atoms with Crippen molar-refractivity contribution >= 4 is 22.9 Å². The molecule has 0 saturated heterocycles. The Balaban J connectivity index is 1.50. The summed E-state index contributed by atoms with van der Waals surface area (Å²) >= 11 is 1.68. The summed E-state index contributed by atoms with van der Waals surface area (Å²) in [6.45, 7) is 4.69. The zero-order chi connectivity index (χ0) is 16.2. The molecule has 5 nitrogen and oxygen atoms in total. The summed E-state index contributed by atoms with van der Waals surface area (Å²) in [5, 5.41) is 6.16. The van der Waals surface area contributed by atoms with Crippen molar-refractivity contribution in [3.63, 3.8) is 0 Å². The number of nitrogens with one attached hydrogen (secondary N) is 1. The molecule has 3 aromatic heterocycles. The summed E-state index contributed by atoms with van der Waals surface area (Å²) in [7, 11) is 0. The van der Waals surface area contributed by atoms with Crippen LogP contribution >= 0.6 is 11.3 Å². The number of pyridine rings is 1. The van der Waals surface area contributed by atoms with Crippen LogP contribution in [0.3, 0.4) is 0 Å². The number of thiazole rings is 1. The molecule has 0 spiro atoms. The maximum atomic E-state index is 12.1. The lowest BCUT2D eigenvalue weighted by Gasteiger charge is -2.05. The predicted octanol–water partition coefficient (Wildman–Crippen LogP) is 2.70. The van der Waals surface area contributed by atoms with Crippen molar-refractivity contribution in [3.05, 3.63) is 51.9 Å². The Morgan fingerprint density at radius 1 is 1.39 bits per heavy atom. The molecular formula is C17H20N4OS. The smallest absolute Gasteiger partial charge is 0.226 e. The number of aryl methyl sites for hydroxylation is 3. The van der Waals surface area contributed by atoms with E-state index in [4.69, 9.17) is 0 Å². The fourth-order valence-corrected chi connectivity index (χ4v) is 3.36. The molecule has 6 heteroatoms. The normalized spacial score (nSPS) is 11.0. The van der Waals surface area contributed by atoms with Crippen molar-refractivity contribution in [2.45, 2.75) is 33.1 Å². The first-order valence-electron chi connectivity index (χ1n) is 7.73. The fraction of sp³-hybridized carbons (Fsp3) is 0.353. The van der Waals surface area contributed by atoms with Gasteiger partial charge in [-0.3, -0.25) is 4.79 Å². The van der Waals surface area contributed by atoms with Gasteiger partial charge in [0.2, 0.25) is 5.91 Å². The molecule has 0 saturated carbocycles. The van der Waals surface area contributed by atoms with Crippen molar-refractivity contribution in [1.29, 1.82) is 0 Å².